The average Bonchev–Trinajstić information content (AvgIpc) is 3.19. The van der Waals surface area contributed by atoms with Crippen LogP contribution in [0.1, 0.15) is 49.8 Å². The smallest absolute Gasteiger partial charge is 0.316 e. The van der Waals surface area contributed by atoms with Crippen LogP contribution in [0.3, 0.4) is 0 Å². The lowest BCUT2D eigenvalue weighted by molar-refractivity contribution is 0.0256. The van der Waals surface area contributed by atoms with Crippen molar-refractivity contribution in [3.05, 3.63) is 65.4 Å². The molecule has 2 aromatic heterocycles. The number of allylic oxidation sites excluding steroid dienone is 3. The molecule has 1 aromatic carbocycles. The lowest BCUT2D eigenvalue weighted by atomic mass is 9.99. The summed E-state index contributed by atoms with van der Waals surface area (Å²) in [6, 6.07) is 3.16. The van der Waals surface area contributed by atoms with Crippen LogP contribution in [0.4, 0.5) is 19.1 Å². The van der Waals surface area contributed by atoms with Crippen LogP contribution < -0.4 is 9.22 Å². The second-order valence-electron chi connectivity index (χ2n) is 9.81. The maximum absolute atomic E-state index is 14.9. The van der Waals surface area contributed by atoms with Crippen LogP contribution in [0.2, 0.25) is 0 Å². The summed E-state index contributed by atoms with van der Waals surface area (Å²) in [5.74, 6) is -1.59. The van der Waals surface area contributed by atoms with Gasteiger partial charge in [-0.2, -0.15) is 4.98 Å². The number of benzene rings is 1. The van der Waals surface area contributed by atoms with Crippen LogP contribution in [0.25, 0.3) is 11.2 Å². The summed E-state index contributed by atoms with van der Waals surface area (Å²) in [6.07, 6.45) is 6.40. The average molecular weight is 485 g/mol. The predicted molar refractivity (Wildman–Crippen MR) is 129 cm³/mol. The van der Waals surface area contributed by atoms with Gasteiger partial charge < -0.3 is 4.74 Å². The summed E-state index contributed by atoms with van der Waals surface area (Å²) in [7, 11) is 0. The van der Waals surface area contributed by atoms with Gasteiger partial charge in [0, 0.05) is 35.7 Å². The molecular weight excluding hydrogens is 455 g/mol. The Labute approximate surface area is 202 Å². The highest BCUT2D eigenvalue weighted by Crippen LogP contribution is 2.39. The van der Waals surface area contributed by atoms with E-state index in [0.29, 0.717) is 59.6 Å². The number of rotatable bonds is 9. The SMILES string of the molecule is C=C(C)CC/C(=C\CC(C)(F)F)c1cnc([N+]2(Cc3c(F)ccc4c3CCO4)CC2)n2cnnc12. The molecule has 2 aliphatic heterocycles. The van der Waals surface area contributed by atoms with E-state index in [2.05, 4.69) is 16.8 Å². The van der Waals surface area contributed by atoms with E-state index >= 15 is 0 Å². The molecule has 2 aliphatic rings. The summed E-state index contributed by atoms with van der Waals surface area (Å²) in [5, 5.41) is 8.42. The Hall–Kier alpha value is -3.20. The molecule has 0 N–H and O–H groups in total. The third-order valence-electron chi connectivity index (χ3n) is 6.78. The molecule has 0 bridgehead atoms. The molecular formula is C26H29F3N5O+. The first-order valence-electron chi connectivity index (χ1n) is 11.9. The summed E-state index contributed by atoms with van der Waals surface area (Å²) in [4.78, 5) is 4.78. The van der Waals surface area contributed by atoms with Crippen molar-refractivity contribution in [1.29, 1.82) is 0 Å². The van der Waals surface area contributed by atoms with Crippen molar-refractivity contribution in [2.24, 2.45) is 0 Å². The van der Waals surface area contributed by atoms with Crippen LogP contribution in [-0.2, 0) is 13.0 Å². The Kier molecular flexibility index (Phi) is 5.91. The number of aromatic nitrogens is 4. The lowest BCUT2D eigenvalue weighted by Gasteiger charge is -2.20. The van der Waals surface area contributed by atoms with Crippen LogP contribution in [0, 0.1) is 5.82 Å². The highest BCUT2D eigenvalue weighted by Gasteiger charge is 2.49. The molecule has 184 valence electrons. The van der Waals surface area contributed by atoms with Crippen molar-refractivity contribution in [3.63, 3.8) is 0 Å². The van der Waals surface area contributed by atoms with Crippen LogP contribution in [-0.4, -0.2) is 45.2 Å². The van der Waals surface area contributed by atoms with E-state index in [1.54, 1.807) is 24.7 Å². The van der Waals surface area contributed by atoms with Crippen molar-refractivity contribution < 1.29 is 17.9 Å². The standard InChI is InChI=1S/C26H29F3N5O/c1-17(2)4-5-18(8-10-26(3,28)29)20-14-30-25(33-16-31-32-24(20)33)34(11-12-34)15-21-19-9-13-35-23(19)7-6-22(21)27/h6-8,14,16H,1,4-5,9-13,15H2,2-3H3/q+1/b18-8+. The first kappa shape index (κ1) is 23.5. The van der Waals surface area contributed by atoms with Crippen molar-refractivity contribution in [1.82, 2.24) is 24.1 Å². The largest absolute Gasteiger partial charge is 0.493 e. The molecule has 1 saturated heterocycles. The van der Waals surface area contributed by atoms with Crippen molar-refractivity contribution >= 4 is 17.2 Å². The van der Waals surface area contributed by atoms with Gasteiger partial charge in [0.1, 0.15) is 37.5 Å². The van der Waals surface area contributed by atoms with Gasteiger partial charge in [0.15, 0.2) is 5.65 Å². The summed E-state index contributed by atoms with van der Waals surface area (Å²) < 4.78 is 50.1. The molecule has 0 atom stereocenters. The zero-order valence-corrected chi connectivity index (χ0v) is 20.0. The number of hydrogen-bond donors (Lipinski definition) is 0. The van der Waals surface area contributed by atoms with Gasteiger partial charge in [0.05, 0.1) is 6.61 Å². The fourth-order valence-corrected chi connectivity index (χ4v) is 4.72. The zero-order valence-electron chi connectivity index (χ0n) is 20.0. The van der Waals surface area contributed by atoms with Gasteiger partial charge in [-0.1, -0.05) is 11.6 Å². The maximum Gasteiger partial charge on any atom is 0.316 e. The van der Waals surface area contributed by atoms with Gasteiger partial charge in [0.25, 0.3) is 0 Å². The van der Waals surface area contributed by atoms with Crippen molar-refractivity contribution in [3.8, 4) is 5.75 Å². The minimum absolute atomic E-state index is 0.235. The Morgan fingerprint density at radius 1 is 1.29 bits per heavy atom. The van der Waals surface area contributed by atoms with Crippen LogP contribution >= 0.6 is 0 Å². The highest BCUT2D eigenvalue weighted by molar-refractivity contribution is 5.76. The zero-order chi connectivity index (χ0) is 24.8. The number of hydrogen-bond acceptors (Lipinski definition) is 4. The van der Waals surface area contributed by atoms with E-state index in [1.165, 1.54) is 6.07 Å². The number of quaternary nitrogens is 1. The topological polar surface area (TPSA) is 52.3 Å². The molecule has 0 spiro atoms. The molecule has 0 aliphatic carbocycles. The number of alkyl halides is 2. The number of halogens is 3. The van der Waals surface area contributed by atoms with Gasteiger partial charge >= 0.3 is 5.95 Å². The Balaban J connectivity index is 1.53. The third kappa shape index (κ3) is 4.69. The van der Waals surface area contributed by atoms with E-state index in [9.17, 15) is 13.2 Å². The predicted octanol–water partition coefficient (Wildman–Crippen LogP) is 5.50. The van der Waals surface area contributed by atoms with E-state index in [1.807, 2.05) is 11.3 Å². The number of ether oxygens (including phenoxy) is 1. The molecule has 0 amide bonds. The molecule has 6 nitrogen and oxygen atoms in total. The molecule has 0 saturated carbocycles. The Morgan fingerprint density at radius 2 is 2.09 bits per heavy atom. The van der Waals surface area contributed by atoms with Crippen LogP contribution in [0.5, 0.6) is 5.75 Å². The molecule has 0 unspecified atom stereocenters. The second-order valence-corrected chi connectivity index (χ2v) is 9.81. The molecule has 4 heterocycles. The van der Waals surface area contributed by atoms with Gasteiger partial charge in [-0.15, -0.1) is 16.8 Å². The number of nitrogens with zero attached hydrogens (tertiary/aromatic N) is 5. The molecule has 35 heavy (non-hydrogen) atoms. The highest BCUT2D eigenvalue weighted by atomic mass is 19.3. The van der Waals surface area contributed by atoms with E-state index in [4.69, 9.17) is 9.72 Å². The molecule has 0 radical (unpaired) electrons. The van der Waals surface area contributed by atoms with Gasteiger partial charge in [0.2, 0.25) is 5.92 Å². The van der Waals surface area contributed by atoms with Crippen molar-refractivity contribution in [2.45, 2.75) is 52.0 Å². The minimum Gasteiger partial charge on any atom is -0.493 e. The first-order chi connectivity index (χ1) is 16.7. The second kappa shape index (κ2) is 8.78. The fourth-order valence-electron chi connectivity index (χ4n) is 4.72. The van der Waals surface area contributed by atoms with Gasteiger partial charge in [-0.05, 0) is 44.4 Å². The summed E-state index contributed by atoms with van der Waals surface area (Å²) in [6.45, 7) is 9.40. The Bertz CT molecular complexity index is 1320. The fraction of sp³-hybridized carbons (Fsp3) is 0.423. The number of fused-ring (bicyclic) bond motifs is 2. The third-order valence-corrected chi connectivity index (χ3v) is 6.78. The van der Waals surface area contributed by atoms with E-state index < -0.39 is 5.92 Å². The Morgan fingerprint density at radius 3 is 2.80 bits per heavy atom. The first-order valence-corrected chi connectivity index (χ1v) is 11.9. The molecule has 3 aromatic rings. The van der Waals surface area contributed by atoms with E-state index in [-0.39, 0.29) is 12.2 Å². The quantitative estimate of drug-likeness (QED) is 0.229. The van der Waals surface area contributed by atoms with E-state index in [0.717, 1.165) is 42.5 Å². The van der Waals surface area contributed by atoms with Crippen molar-refractivity contribution in [2.75, 3.05) is 19.7 Å². The van der Waals surface area contributed by atoms with Gasteiger partial charge in [-0.25, -0.2) is 22.1 Å². The molecule has 9 heteroatoms. The normalized spacial score (nSPS) is 16.9. The summed E-state index contributed by atoms with van der Waals surface area (Å²) in [5.41, 5.74) is 4.54. The monoisotopic (exact) mass is 484 g/mol. The van der Waals surface area contributed by atoms with Gasteiger partial charge in [-0.3, -0.25) is 0 Å². The molecule has 5 rings (SSSR count). The maximum atomic E-state index is 14.9. The summed E-state index contributed by atoms with van der Waals surface area (Å²) >= 11 is 0. The van der Waals surface area contributed by atoms with Crippen LogP contribution in [0.15, 0.2) is 42.9 Å². The lowest BCUT2D eigenvalue weighted by Crippen LogP contribution is -2.30. The molecule has 1 fully saturated rings. The minimum atomic E-state index is -2.81.